The molecule has 0 saturated heterocycles. The number of nitriles is 1. The van der Waals surface area contributed by atoms with Gasteiger partial charge in [-0.3, -0.25) is 9.59 Å². The summed E-state index contributed by atoms with van der Waals surface area (Å²) in [7, 11) is 1.51. The number of para-hydroxylation sites is 3. The van der Waals surface area contributed by atoms with Crippen LogP contribution in [-0.4, -0.2) is 25.5 Å². The Balaban J connectivity index is 1.74. The van der Waals surface area contributed by atoms with Crippen molar-refractivity contribution >= 4 is 40.9 Å². The number of halogens is 1. The molecule has 3 aromatic rings. The average molecular weight is 462 g/mol. The SMILES string of the molecule is COc1ccccc1NC(=O)COc1ccc(Cl)cc1/C=C(\C#N)C(=O)Nc1ccccc1. The second-order valence-electron chi connectivity index (χ2n) is 6.71. The normalized spacial score (nSPS) is 10.6. The van der Waals surface area contributed by atoms with Crippen LogP contribution in [-0.2, 0) is 9.59 Å². The van der Waals surface area contributed by atoms with Crippen molar-refractivity contribution in [3.05, 3.63) is 89.0 Å². The minimum Gasteiger partial charge on any atom is -0.495 e. The molecule has 0 aliphatic carbocycles. The van der Waals surface area contributed by atoms with E-state index in [0.717, 1.165) is 0 Å². The molecule has 2 N–H and O–H groups in total. The Labute approximate surface area is 196 Å². The Kier molecular flexibility index (Phi) is 8.06. The van der Waals surface area contributed by atoms with Gasteiger partial charge in [0.15, 0.2) is 6.61 Å². The zero-order valence-corrected chi connectivity index (χ0v) is 18.4. The zero-order chi connectivity index (χ0) is 23.6. The summed E-state index contributed by atoms with van der Waals surface area (Å²) in [5, 5.41) is 15.3. The van der Waals surface area contributed by atoms with Crippen LogP contribution in [0.5, 0.6) is 11.5 Å². The minimum atomic E-state index is -0.580. The van der Waals surface area contributed by atoms with Gasteiger partial charge in [-0.1, -0.05) is 41.9 Å². The highest BCUT2D eigenvalue weighted by molar-refractivity contribution is 6.30. The summed E-state index contributed by atoms with van der Waals surface area (Å²) < 4.78 is 10.9. The Morgan fingerprint density at radius 2 is 1.73 bits per heavy atom. The van der Waals surface area contributed by atoms with Crippen LogP contribution >= 0.6 is 11.6 Å². The van der Waals surface area contributed by atoms with Gasteiger partial charge in [-0.15, -0.1) is 0 Å². The van der Waals surface area contributed by atoms with Gasteiger partial charge in [-0.05, 0) is 48.5 Å². The van der Waals surface area contributed by atoms with Gasteiger partial charge in [0.25, 0.3) is 11.8 Å². The molecule has 0 aliphatic rings. The smallest absolute Gasteiger partial charge is 0.266 e. The van der Waals surface area contributed by atoms with Gasteiger partial charge in [-0.25, -0.2) is 0 Å². The van der Waals surface area contributed by atoms with Crippen LogP contribution in [0.4, 0.5) is 11.4 Å². The summed E-state index contributed by atoms with van der Waals surface area (Å²) in [6.45, 7) is -0.307. The largest absolute Gasteiger partial charge is 0.495 e. The summed E-state index contributed by atoms with van der Waals surface area (Å²) in [5.41, 5.74) is 1.30. The van der Waals surface area contributed by atoms with Crippen molar-refractivity contribution in [3.8, 4) is 17.6 Å². The lowest BCUT2D eigenvalue weighted by Crippen LogP contribution is -2.20. The number of nitrogens with one attached hydrogen (secondary N) is 2. The molecule has 0 fully saturated rings. The molecule has 33 heavy (non-hydrogen) atoms. The van der Waals surface area contributed by atoms with E-state index in [9.17, 15) is 14.9 Å². The van der Waals surface area contributed by atoms with Gasteiger partial charge in [0.05, 0.1) is 12.8 Å². The topological polar surface area (TPSA) is 100 Å². The van der Waals surface area contributed by atoms with Crippen molar-refractivity contribution in [1.82, 2.24) is 0 Å². The summed E-state index contributed by atoms with van der Waals surface area (Å²) >= 11 is 6.09. The maximum atomic E-state index is 12.5. The molecule has 0 spiro atoms. The van der Waals surface area contributed by atoms with E-state index in [1.165, 1.54) is 13.2 Å². The Bertz CT molecular complexity index is 1220. The molecule has 0 radical (unpaired) electrons. The van der Waals surface area contributed by atoms with Crippen LogP contribution in [0, 0.1) is 11.3 Å². The summed E-state index contributed by atoms with van der Waals surface area (Å²) in [5.74, 6) is -0.186. The lowest BCUT2D eigenvalue weighted by Gasteiger charge is -2.12. The van der Waals surface area contributed by atoms with Crippen molar-refractivity contribution in [1.29, 1.82) is 5.26 Å². The Morgan fingerprint density at radius 1 is 1.00 bits per heavy atom. The monoisotopic (exact) mass is 461 g/mol. The average Bonchev–Trinajstić information content (AvgIpc) is 2.82. The highest BCUT2D eigenvalue weighted by Gasteiger charge is 2.13. The molecule has 0 bridgehead atoms. The molecule has 0 atom stereocenters. The highest BCUT2D eigenvalue weighted by atomic mass is 35.5. The number of amides is 2. The number of hydrogen-bond donors (Lipinski definition) is 2. The van der Waals surface area contributed by atoms with E-state index in [2.05, 4.69) is 10.6 Å². The highest BCUT2D eigenvalue weighted by Crippen LogP contribution is 2.26. The molecule has 2 amide bonds. The molecule has 3 rings (SSSR count). The first-order valence-electron chi connectivity index (χ1n) is 9.83. The van der Waals surface area contributed by atoms with E-state index < -0.39 is 11.8 Å². The predicted molar refractivity (Wildman–Crippen MR) is 127 cm³/mol. The number of hydrogen-bond acceptors (Lipinski definition) is 5. The summed E-state index contributed by atoms with van der Waals surface area (Å²) in [6, 6.07) is 22.3. The minimum absolute atomic E-state index is 0.149. The third kappa shape index (κ3) is 6.60. The predicted octanol–water partition coefficient (Wildman–Crippen LogP) is 4.91. The molecule has 0 unspecified atom stereocenters. The van der Waals surface area contributed by atoms with Gasteiger partial charge in [-0.2, -0.15) is 5.26 Å². The molecule has 7 nitrogen and oxygen atoms in total. The molecule has 0 heterocycles. The first kappa shape index (κ1) is 23.4. The van der Waals surface area contributed by atoms with Crippen molar-refractivity contribution in [2.45, 2.75) is 0 Å². The van der Waals surface area contributed by atoms with Gasteiger partial charge < -0.3 is 20.1 Å². The number of ether oxygens (including phenoxy) is 2. The fourth-order valence-corrected chi connectivity index (χ4v) is 3.05. The van der Waals surface area contributed by atoms with Crippen LogP contribution in [0.2, 0.25) is 5.02 Å². The number of carbonyl (C=O) groups is 2. The second-order valence-corrected chi connectivity index (χ2v) is 7.15. The Hall–Kier alpha value is -4.28. The molecular formula is C25H20ClN3O4. The number of nitrogens with zero attached hydrogens (tertiary/aromatic N) is 1. The Morgan fingerprint density at radius 3 is 2.45 bits per heavy atom. The molecule has 0 aliphatic heterocycles. The second kappa shape index (κ2) is 11.4. The van der Waals surface area contributed by atoms with Crippen LogP contribution in [0.15, 0.2) is 78.4 Å². The van der Waals surface area contributed by atoms with Gasteiger partial charge in [0.2, 0.25) is 0 Å². The van der Waals surface area contributed by atoms with Gasteiger partial charge >= 0.3 is 0 Å². The molecule has 166 valence electrons. The van der Waals surface area contributed by atoms with Crippen molar-refractivity contribution < 1.29 is 19.1 Å². The van der Waals surface area contributed by atoms with Crippen molar-refractivity contribution in [2.24, 2.45) is 0 Å². The van der Waals surface area contributed by atoms with E-state index >= 15 is 0 Å². The van der Waals surface area contributed by atoms with Gasteiger partial charge in [0.1, 0.15) is 23.1 Å². The number of benzene rings is 3. The van der Waals surface area contributed by atoms with E-state index in [1.807, 2.05) is 12.1 Å². The number of anilines is 2. The van der Waals surface area contributed by atoms with Crippen LogP contribution in [0.25, 0.3) is 6.08 Å². The fraction of sp³-hybridized carbons (Fsp3) is 0.0800. The summed E-state index contributed by atoms with van der Waals surface area (Å²) in [4.78, 5) is 24.9. The van der Waals surface area contributed by atoms with Gasteiger partial charge in [0, 0.05) is 16.3 Å². The van der Waals surface area contributed by atoms with E-state index in [0.29, 0.717) is 27.7 Å². The lowest BCUT2D eigenvalue weighted by atomic mass is 10.1. The number of carbonyl (C=O) groups excluding carboxylic acids is 2. The molecule has 8 heteroatoms. The lowest BCUT2D eigenvalue weighted by molar-refractivity contribution is -0.118. The third-order valence-electron chi connectivity index (χ3n) is 4.41. The van der Waals surface area contributed by atoms with Crippen molar-refractivity contribution in [3.63, 3.8) is 0 Å². The van der Waals surface area contributed by atoms with E-state index in [-0.39, 0.29) is 17.9 Å². The standard InChI is InChI=1S/C25H20ClN3O4/c1-32-23-10-6-5-9-21(23)29-24(30)16-33-22-12-11-19(26)14-17(22)13-18(15-27)25(31)28-20-7-3-2-4-8-20/h2-14H,16H2,1H3,(H,28,31)(H,29,30)/b18-13+. The van der Waals surface area contributed by atoms with E-state index in [1.54, 1.807) is 66.7 Å². The molecule has 0 aromatic heterocycles. The first-order valence-corrected chi connectivity index (χ1v) is 10.2. The fourth-order valence-electron chi connectivity index (χ4n) is 2.87. The van der Waals surface area contributed by atoms with Crippen LogP contribution in [0.3, 0.4) is 0 Å². The maximum Gasteiger partial charge on any atom is 0.266 e. The quantitative estimate of drug-likeness (QED) is 0.366. The number of methoxy groups -OCH3 is 1. The molecule has 3 aromatic carbocycles. The summed E-state index contributed by atoms with van der Waals surface area (Å²) in [6.07, 6.45) is 1.36. The molecular weight excluding hydrogens is 442 g/mol. The first-order chi connectivity index (χ1) is 16.0. The zero-order valence-electron chi connectivity index (χ0n) is 17.7. The van der Waals surface area contributed by atoms with Crippen molar-refractivity contribution in [2.75, 3.05) is 24.4 Å². The number of rotatable bonds is 8. The van der Waals surface area contributed by atoms with E-state index in [4.69, 9.17) is 21.1 Å². The third-order valence-corrected chi connectivity index (χ3v) is 4.64. The van der Waals surface area contributed by atoms with Crippen LogP contribution in [0.1, 0.15) is 5.56 Å². The van der Waals surface area contributed by atoms with Crippen LogP contribution < -0.4 is 20.1 Å². The maximum absolute atomic E-state index is 12.5. The molecule has 0 saturated carbocycles.